The molecule has 0 fully saturated rings. The highest BCUT2D eigenvalue weighted by atomic mass is 16.1. The van der Waals surface area contributed by atoms with E-state index in [1.165, 1.54) is 0 Å². The first-order chi connectivity index (χ1) is 9.76. The molecule has 2 rings (SSSR count). The maximum absolute atomic E-state index is 12.3. The van der Waals surface area contributed by atoms with E-state index in [0.29, 0.717) is 32.0 Å². The lowest BCUT2D eigenvalue weighted by atomic mass is 10.2. The van der Waals surface area contributed by atoms with Crippen LogP contribution in [0.4, 0.5) is 5.82 Å². The zero-order valence-corrected chi connectivity index (χ0v) is 11.7. The average Bonchev–Trinajstić information content (AvgIpc) is 2.48. The van der Waals surface area contributed by atoms with Crippen LogP contribution in [0.15, 0.2) is 47.5 Å². The summed E-state index contributed by atoms with van der Waals surface area (Å²) in [4.78, 5) is 18.5. The molecule has 2 aromatic rings. The summed E-state index contributed by atoms with van der Waals surface area (Å²) in [6, 6.07) is 10.0. The molecule has 5 heteroatoms. The molecule has 1 aromatic carbocycles. The molecular weight excluding hydrogens is 252 g/mol. The number of benzene rings is 1. The number of aromatic nitrogens is 2. The second kappa shape index (κ2) is 6.86. The van der Waals surface area contributed by atoms with E-state index in [1.807, 2.05) is 42.2 Å². The third-order valence-electron chi connectivity index (χ3n) is 3.15. The van der Waals surface area contributed by atoms with Crippen molar-refractivity contribution in [2.24, 2.45) is 5.73 Å². The molecule has 0 spiro atoms. The monoisotopic (exact) mass is 272 g/mol. The Bertz CT molecular complexity index is 594. The number of aryl methyl sites for hydroxylation is 1. The van der Waals surface area contributed by atoms with E-state index in [9.17, 15) is 4.79 Å². The van der Waals surface area contributed by atoms with Crippen LogP contribution >= 0.6 is 0 Å². The maximum Gasteiger partial charge on any atom is 0.293 e. The van der Waals surface area contributed by atoms with E-state index < -0.39 is 0 Å². The molecule has 0 atom stereocenters. The molecule has 0 aliphatic heterocycles. The second-order valence-electron chi connectivity index (χ2n) is 4.54. The lowest BCUT2D eigenvalue weighted by Crippen LogP contribution is -2.36. The van der Waals surface area contributed by atoms with Crippen molar-refractivity contribution in [1.82, 2.24) is 9.55 Å². The van der Waals surface area contributed by atoms with E-state index in [2.05, 4.69) is 4.98 Å². The summed E-state index contributed by atoms with van der Waals surface area (Å²) >= 11 is 0. The Balaban J connectivity index is 2.31. The van der Waals surface area contributed by atoms with Gasteiger partial charge in [0.2, 0.25) is 0 Å². The van der Waals surface area contributed by atoms with Gasteiger partial charge >= 0.3 is 0 Å². The minimum Gasteiger partial charge on any atom is -0.346 e. The number of nitrogens with two attached hydrogens (primary N) is 1. The Morgan fingerprint density at radius 1 is 1.30 bits per heavy atom. The number of hydrogen-bond acceptors (Lipinski definition) is 4. The third kappa shape index (κ3) is 3.24. The zero-order chi connectivity index (χ0) is 14.4. The van der Waals surface area contributed by atoms with Gasteiger partial charge in [0.05, 0.1) is 0 Å². The van der Waals surface area contributed by atoms with E-state index in [-0.39, 0.29) is 5.56 Å². The smallest absolute Gasteiger partial charge is 0.293 e. The van der Waals surface area contributed by atoms with Crippen LogP contribution in [0.5, 0.6) is 0 Å². The molecule has 0 bridgehead atoms. The zero-order valence-electron chi connectivity index (χ0n) is 11.7. The van der Waals surface area contributed by atoms with Crippen LogP contribution in [0, 0.1) is 0 Å². The van der Waals surface area contributed by atoms with Gasteiger partial charge < -0.3 is 15.2 Å². The Kier molecular flexibility index (Phi) is 4.90. The molecule has 0 aliphatic carbocycles. The van der Waals surface area contributed by atoms with Gasteiger partial charge in [-0.05, 0) is 12.5 Å². The van der Waals surface area contributed by atoms with Gasteiger partial charge in [-0.25, -0.2) is 4.98 Å². The predicted octanol–water partition coefficient (Wildman–Crippen LogP) is 1.23. The Morgan fingerprint density at radius 2 is 2.05 bits per heavy atom. The normalized spacial score (nSPS) is 10.5. The molecule has 2 N–H and O–H groups in total. The van der Waals surface area contributed by atoms with Crippen molar-refractivity contribution < 1.29 is 0 Å². The van der Waals surface area contributed by atoms with Crippen LogP contribution in [0.2, 0.25) is 0 Å². The first kappa shape index (κ1) is 14.3. The van der Waals surface area contributed by atoms with E-state index in [0.717, 1.165) is 5.56 Å². The lowest BCUT2D eigenvalue weighted by Gasteiger charge is -2.22. The third-order valence-corrected chi connectivity index (χ3v) is 3.15. The fraction of sp³-hybridized carbons (Fsp3) is 0.333. The van der Waals surface area contributed by atoms with Gasteiger partial charge in [0.1, 0.15) is 0 Å². The minimum absolute atomic E-state index is 0.0700. The molecule has 1 aromatic heterocycles. The maximum atomic E-state index is 12.3. The van der Waals surface area contributed by atoms with Crippen LogP contribution in [-0.2, 0) is 13.1 Å². The van der Waals surface area contributed by atoms with Crippen molar-refractivity contribution >= 4 is 5.82 Å². The highest BCUT2D eigenvalue weighted by Crippen LogP contribution is 2.09. The SMILES string of the molecule is CCn1ccnc(N(CCN)Cc2ccccc2)c1=O. The number of anilines is 1. The van der Waals surface area contributed by atoms with Crippen molar-refractivity contribution in [2.45, 2.75) is 20.0 Å². The Labute approximate surface area is 118 Å². The molecule has 0 aliphatic rings. The van der Waals surface area contributed by atoms with Gasteiger partial charge in [0.25, 0.3) is 5.56 Å². The van der Waals surface area contributed by atoms with Gasteiger partial charge in [0.15, 0.2) is 5.82 Å². The van der Waals surface area contributed by atoms with Crippen molar-refractivity contribution in [3.05, 3.63) is 58.6 Å². The Morgan fingerprint density at radius 3 is 2.70 bits per heavy atom. The molecule has 0 radical (unpaired) electrons. The standard InChI is InChI=1S/C15H20N4O/c1-2-18-11-9-17-14(15(18)20)19(10-8-16)12-13-6-4-3-5-7-13/h3-7,9,11H,2,8,10,12,16H2,1H3. The summed E-state index contributed by atoms with van der Waals surface area (Å²) in [5.41, 5.74) is 6.73. The molecule has 0 unspecified atom stereocenters. The first-order valence-corrected chi connectivity index (χ1v) is 6.80. The molecule has 20 heavy (non-hydrogen) atoms. The summed E-state index contributed by atoms with van der Waals surface area (Å²) in [5.74, 6) is 0.462. The highest BCUT2D eigenvalue weighted by molar-refractivity contribution is 5.37. The topological polar surface area (TPSA) is 64.2 Å². The Hall–Kier alpha value is -2.14. The second-order valence-corrected chi connectivity index (χ2v) is 4.54. The minimum atomic E-state index is -0.0700. The molecule has 106 valence electrons. The van der Waals surface area contributed by atoms with Gasteiger partial charge in [0, 0.05) is 38.6 Å². The quantitative estimate of drug-likeness (QED) is 0.859. The predicted molar refractivity (Wildman–Crippen MR) is 80.7 cm³/mol. The molecule has 0 saturated carbocycles. The van der Waals surface area contributed by atoms with Crippen molar-refractivity contribution in [3.63, 3.8) is 0 Å². The summed E-state index contributed by atoms with van der Waals surface area (Å²) in [6.07, 6.45) is 3.36. The van der Waals surface area contributed by atoms with Crippen LogP contribution < -0.4 is 16.2 Å². The van der Waals surface area contributed by atoms with Crippen LogP contribution in [-0.4, -0.2) is 22.6 Å². The van der Waals surface area contributed by atoms with Crippen molar-refractivity contribution in [2.75, 3.05) is 18.0 Å². The highest BCUT2D eigenvalue weighted by Gasteiger charge is 2.13. The fourth-order valence-electron chi connectivity index (χ4n) is 2.12. The molecule has 1 heterocycles. The summed E-state index contributed by atoms with van der Waals surface area (Å²) < 4.78 is 1.65. The largest absolute Gasteiger partial charge is 0.346 e. The summed E-state index contributed by atoms with van der Waals surface area (Å²) in [5, 5.41) is 0. The molecule has 0 saturated heterocycles. The number of rotatable bonds is 6. The lowest BCUT2D eigenvalue weighted by molar-refractivity contribution is 0.693. The van der Waals surface area contributed by atoms with E-state index in [4.69, 9.17) is 5.73 Å². The van der Waals surface area contributed by atoms with Gasteiger partial charge in [-0.3, -0.25) is 4.79 Å². The van der Waals surface area contributed by atoms with Crippen LogP contribution in [0.1, 0.15) is 12.5 Å². The number of nitrogens with zero attached hydrogens (tertiary/aromatic N) is 3. The van der Waals surface area contributed by atoms with E-state index in [1.54, 1.807) is 17.0 Å². The van der Waals surface area contributed by atoms with Gasteiger partial charge in [-0.2, -0.15) is 0 Å². The number of hydrogen-bond donors (Lipinski definition) is 1. The molecule has 0 amide bonds. The van der Waals surface area contributed by atoms with Gasteiger partial charge in [-0.1, -0.05) is 30.3 Å². The summed E-state index contributed by atoms with van der Waals surface area (Å²) in [6.45, 7) is 4.29. The first-order valence-electron chi connectivity index (χ1n) is 6.80. The van der Waals surface area contributed by atoms with E-state index >= 15 is 0 Å². The van der Waals surface area contributed by atoms with Crippen LogP contribution in [0.25, 0.3) is 0 Å². The van der Waals surface area contributed by atoms with Gasteiger partial charge in [-0.15, -0.1) is 0 Å². The summed E-state index contributed by atoms with van der Waals surface area (Å²) in [7, 11) is 0. The van der Waals surface area contributed by atoms with Crippen molar-refractivity contribution in [1.29, 1.82) is 0 Å². The average molecular weight is 272 g/mol. The van der Waals surface area contributed by atoms with Crippen LogP contribution in [0.3, 0.4) is 0 Å². The van der Waals surface area contributed by atoms with Crippen molar-refractivity contribution in [3.8, 4) is 0 Å². The fourth-order valence-corrected chi connectivity index (χ4v) is 2.12. The molecule has 5 nitrogen and oxygen atoms in total. The molecular formula is C15H20N4O.